The van der Waals surface area contributed by atoms with E-state index in [1.807, 2.05) is 12.1 Å². The third-order valence-corrected chi connectivity index (χ3v) is 6.24. The number of hydrogen-bond acceptors (Lipinski definition) is 5. The first-order valence-corrected chi connectivity index (χ1v) is 11.1. The van der Waals surface area contributed by atoms with Crippen molar-refractivity contribution in [3.05, 3.63) is 58.6 Å². The van der Waals surface area contributed by atoms with E-state index in [2.05, 4.69) is 4.90 Å². The maximum absolute atomic E-state index is 12.9. The largest absolute Gasteiger partial charge is 0.368 e. The molecule has 0 radical (unpaired) electrons. The van der Waals surface area contributed by atoms with Crippen LogP contribution in [0.2, 0.25) is 5.02 Å². The van der Waals surface area contributed by atoms with E-state index >= 15 is 0 Å². The second-order valence-electron chi connectivity index (χ2n) is 6.80. The highest BCUT2D eigenvalue weighted by Crippen LogP contribution is 2.24. The van der Waals surface area contributed by atoms with Crippen LogP contribution in [0.3, 0.4) is 0 Å². The summed E-state index contributed by atoms with van der Waals surface area (Å²) in [5, 5.41) is 0.236. The lowest BCUT2D eigenvalue weighted by molar-refractivity contribution is 0.0746. The number of sulfone groups is 1. The molecule has 1 heterocycles. The van der Waals surface area contributed by atoms with Gasteiger partial charge >= 0.3 is 0 Å². The summed E-state index contributed by atoms with van der Waals surface area (Å²) in [5.41, 5.74) is 1.86. The zero-order valence-electron chi connectivity index (χ0n) is 15.7. The molecular formula is C20H21ClN2O4S. The van der Waals surface area contributed by atoms with Gasteiger partial charge in [0.05, 0.1) is 15.5 Å². The average Bonchev–Trinajstić information content (AvgIpc) is 2.67. The summed E-state index contributed by atoms with van der Waals surface area (Å²) in [7, 11) is -3.42. The number of ketones is 1. The van der Waals surface area contributed by atoms with Crippen LogP contribution in [0.25, 0.3) is 0 Å². The third kappa shape index (κ3) is 4.36. The minimum atomic E-state index is -3.42. The Morgan fingerprint density at radius 3 is 2.11 bits per heavy atom. The second-order valence-corrected chi connectivity index (χ2v) is 9.22. The molecule has 8 heteroatoms. The van der Waals surface area contributed by atoms with Gasteiger partial charge in [0.15, 0.2) is 15.6 Å². The summed E-state index contributed by atoms with van der Waals surface area (Å²) in [4.78, 5) is 28.1. The van der Waals surface area contributed by atoms with Crippen LogP contribution in [0.5, 0.6) is 0 Å². The van der Waals surface area contributed by atoms with Crippen LogP contribution >= 0.6 is 11.6 Å². The topological polar surface area (TPSA) is 74.8 Å². The molecule has 1 amide bonds. The fraction of sp³-hybridized carbons (Fsp3) is 0.300. The Bertz CT molecular complexity index is 1010. The molecule has 6 nitrogen and oxygen atoms in total. The van der Waals surface area contributed by atoms with Gasteiger partial charge in [-0.25, -0.2) is 8.42 Å². The number of hydrogen-bond donors (Lipinski definition) is 0. The molecule has 0 saturated carbocycles. The van der Waals surface area contributed by atoms with Crippen LogP contribution in [0.4, 0.5) is 5.69 Å². The molecule has 1 fully saturated rings. The van der Waals surface area contributed by atoms with Gasteiger partial charge in [0, 0.05) is 43.7 Å². The van der Waals surface area contributed by atoms with Crippen molar-refractivity contribution in [2.75, 3.05) is 37.3 Å². The standard InChI is InChI=1S/C20H21ClN2O4S/c1-14(24)15-3-5-16(6-4-15)22-9-11-23(12-10-22)20(25)18-13-17(28(2,26)27)7-8-19(18)21/h3-8,13H,9-12H2,1-2H3. The van der Waals surface area contributed by atoms with Crippen molar-refractivity contribution in [1.29, 1.82) is 0 Å². The highest BCUT2D eigenvalue weighted by Gasteiger charge is 2.25. The fourth-order valence-corrected chi connectivity index (χ4v) is 3.99. The maximum Gasteiger partial charge on any atom is 0.255 e. The average molecular weight is 421 g/mol. The predicted molar refractivity (Wildman–Crippen MR) is 109 cm³/mol. The molecule has 0 spiro atoms. The predicted octanol–water partition coefficient (Wildman–Crippen LogP) is 2.91. The molecule has 0 N–H and O–H groups in total. The molecule has 2 aromatic rings. The Morgan fingerprint density at radius 2 is 1.57 bits per heavy atom. The summed E-state index contributed by atoms with van der Waals surface area (Å²) < 4.78 is 23.5. The van der Waals surface area contributed by atoms with Crippen LogP contribution in [0.15, 0.2) is 47.4 Å². The van der Waals surface area contributed by atoms with Gasteiger partial charge in [-0.1, -0.05) is 11.6 Å². The summed E-state index contributed by atoms with van der Waals surface area (Å²) in [5.74, 6) is -0.253. The Labute approximate surface area is 169 Å². The molecular weight excluding hydrogens is 400 g/mol. The molecule has 0 aromatic heterocycles. The number of nitrogens with zero attached hydrogens (tertiary/aromatic N) is 2. The molecule has 1 saturated heterocycles. The van der Waals surface area contributed by atoms with E-state index in [9.17, 15) is 18.0 Å². The number of piperazine rings is 1. The van der Waals surface area contributed by atoms with E-state index < -0.39 is 9.84 Å². The monoisotopic (exact) mass is 420 g/mol. The first-order chi connectivity index (χ1) is 13.2. The van der Waals surface area contributed by atoms with E-state index in [1.165, 1.54) is 25.1 Å². The first-order valence-electron chi connectivity index (χ1n) is 8.81. The number of benzene rings is 2. The Kier molecular flexibility index (Phi) is 5.76. The zero-order valence-corrected chi connectivity index (χ0v) is 17.3. The Morgan fingerprint density at radius 1 is 0.964 bits per heavy atom. The van der Waals surface area contributed by atoms with Crippen LogP contribution in [0.1, 0.15) is 27.6 Å². The SMILES string of the molecule is CC(=O)c1ccc(N2CCN(C(=O)c3cc(S(C)(=O)=O)ccc3Cl)CC2)cc1. The number of anilines is 1. The van der Waals surface area contributed by atoms with Crippen LogP contribution in [-0.2, 0) is 9.84 Å². The number of Topliss-reactive ketones (excluding diaryl/α,β-unsaturated/α-hetero) is 1. The first kappa shape index (κ1) is 20.4. The van der Waals surface area contributed by atoms with Gasteiger partial charge in [-0.2, -0.15) is 0 Å². The number of rotatable bonds is 4. The molecule has 1 aliphatic rings. The lowest BCUT2D eigenvalue weighted by Gasteiger charge is -2.36. The molecule has 0 atom stereocenters. The molecule has 0 unspecified atom stereocenters. The molecule has 2 aromatic carbocycles. The second kappa shape index (κ2) is 7.93. The molecule has 1 aliphatic heterocycles. The smallest absolute Gasteiger partial charge is 0.255 e. The number of halogens is 1. The lowest BCUT2D eigenvalue weighted by Crippen LogP contribution is -2.48. The maximum atomic E-state index is 12.9. The van der Waals surface area contributed by atoms with Crippen molar-refractivity contribution in [2.45, 2.75) is 11.8 Å². The van der Waals surface area contributed by atoms with Crippen molar-refractivity contribution in [1.82, 2.24) is 4.90 Å². The van der Waals surface area contributed by atoms with Gasteiger partial charge in [-0.05, 0) is 49.4 Å². The van der Waals surface area contributed by atoms with Gasteiger partial charge in [-0.3, -0.25) is 9.59 Å². The van der Waals surface area contributed by atoms with Gasteiger partial charge in [0.2, 0.25) is 0 Å². The van der Waals surface area contributed by atoms with E-state index in [-0.39, 0.29) is 27.2 Å². The quantitative estimate of drug-likeness (QED) is 0.711. The summed E-state index contributed by atoms with van der Waals surface area (Å²) in [6.07, 6.45) is 1.10. The summed E-state index contributed by atoms with van der Waals surface area (Å²) in [6, 6.07) is 11.6. The minimum Gasteiger partial charge on any atom is -0.368 e. The number of carbonyl (C=O) groups is 2. The van der Waals surface area contributed by atoms with Crippen molar-refractivity contribution >= 4 is 38.8 Å². The fourth-order valence-electron chi connectivity index (χ4n) is 3.14. The van der Waals surface area contributed by atoms with Crippen molar-refractivity contribution in [2.24, 2.45) is 0 Å². The van der Waals surface area contributed by atoms with E-state index in [1.54, 1.807) is 17.0 Å². The van der Waals surface area contributed by atoms with E-state index in [0.29, 0.717) is 31.7 Å². The lowest BCUT2D eigenvalue weighted by atomic mass is 10.1. The van der Waals surface area contributed by atoms with Crippen molar-refractivity contribution < 1.29 is 18.0 Å². The Hall–Kier alpha value is -2.38. The number of carbonyl (C=O) groups excluding carboxylic acids is 2. The van der Waals surface area contributed by atoms with Gasteiger partial charge in [-0.15, -0.1) is 0 Å². The van der Waals surface area contributed by atoms with Crippen LogP contribution < -0.4 is 4.90 Å². The molecule has 3 rings (SSSR count). The van der Waals surface area contributed by atoms with Crippen LogP contribution in [-0.4, -0.2) is 57.4 Å². The van der Waals surface area contributed by atoms with Crippen molar-refractivity contribution in [3.63, 3.8) is 0 Å². The van der Waals surface area contributed by atoms with Crippen molar-refractivity contribution in [3.8, 4) is 0 Å². The zero-order chi connectivity index (χ0) is 20.5. The molecule has 0 bridgehead atoms. The summed E-state index contributed by atoms with van der Waals surface area (Å²) in [6.45, 7) is 3.78. The third-order valence-electron chi connectivity index (χ3n) is 4.80. The minimum absolute atomic E-state index is 0.0233. The Balaban J connectivity index is 1.71. The number of amides is 1. The van der Waals surface area contributed by atoms with Gasteiger partial charge in [0.1, 0.15) is 0 Å². The molecule has 148 valence electrons. The summed E-state index contributed by atoms with van der Waals surface area (Å²) >= 11 is 6.15. The normalized spacial score (nSPS) is 14.8. The van der Waals surface area contributed by atoms with E-state index in [0.717, 1.165) is 11.9 Å². The molecule has 0 aliphatic carbocycles. The highest BCUT2D eigenvalue weighted by molar-refractivity contribution is 7.90. The molecule has 28 heavy (non-hydrogen) atoms. The van der Waals surface area contributed by atoms with Gasteiger partial charge in [0.25, 0.3) is 5.91 Å². The van der Waals surface area contributed by atoms with Gasteiger partial charge < -0.3 is 9.80 Å². The van der Waals surface area contributed by atoms with Crippen LogP contribution in [0, 0.1) is 0 Å². The van der Waals surface area contributed by atoms with E-state index in [4.69, 9.17) is 11.6 Å². The highest BCUT2D eigenvalue weighted by atomic mass is 35.5.